The molecule has 0 bridgehead atoms. The van der Waals surface area contributed by atoms with Crippen molar-refractivity contribution in [3.63, 3.8) is 0 Å². The number of likely N-dealkylation sites (N-methyl/N-ethyl adjacent to an activating group) is 1. The zero-order valence-electron chi connectivity index (χ0n) is 14.2. The normalized spacial score (nSPS) is 17.7. The van der Waals surface area contributed by atoms with Crippen LogP contribution in [0.15, 0.2) is 29.5 Å². The largest absolute Gasteiger partial charge is 0.340 e. The van der Waals surface area contributed by atoms with E-state index in [9.17, 15) is 9.59 Å². The van der Waals surface area contributed by atoms with Crippen molar-refractivity contribution in [2.24, 2.45) is 0 Å². The summed E-state index contributed by atoms with van der Waals surface area (Å²) in [6.45, 7) is 5.92. The molecule has 1 atom stereocenters. The highest BCUT2D eigenvalue weighted by molar-refractivity contribution is 5.98. The van der Waals surface area contributed by atoms with Crippen LogP contribution in [0.4, 0.5) is 4.79 Å². The van der Waals surface area contributed by atoms with Gasteiger partial charge in [0.1, 0.15) is 5.82 Å². The number of imidazole rings is 1. The Bertz CT molecular complexity index is 852. The molecule has 1 aromatic carbocycles. The average molecular weight is 327 g/mol. The SMILES string of the molecule is CC1=C(C(=O)N(C)Cc2nc3ccc(C)cc3[nH]2)C(C)NC(=O)N1. The van der Waals surface area contributed by atoms with Crippen LogP contribution in [0.25, 0.3) is 11.0 Å². The number of rotatable bonds is 3. The van der Waals surface area contributed by atoms with Gasteiger partial charge >= 0.3 is 6.03 Å². The van der Waals surface area contributed by atoms with Gasteiger partial charge in [0.05, 0.1) is 29.2 Å². The minimum atomic E-state index is -0.327. The maximum absolute atomic E-state index is 12.7. The number of hydrogen-bond acceptors (Lipinski definition) is 3. The van der Waals surface area contributed by atoms with E-state index in [0.29, 0.717) is 17.8 Å². The fourth-order valence-electron chi connectivity index (χ4n) is 2.97. The molecule has 0 spiro atoms. The summed E-state index contributed by atoms with van der Waals surface area (Å²) < 4.78 is 0. The third kappa shape index (κ3) is 2.97. The predicted molar refractivity (Wildman–Crippen MR) is 91.1 cm³/mol. The van der Waals surface area contributed by atoms with Crippen molar-refractivity contribution in [3.8, 4) is 0 Å². The van der Waals surface area contributed by atoms with E-state index in [1.54, 1.807) is 25.8 Å². The summed E-state index contributed by atoms with van der Waals surface area (Å²) in [6, 6.07) is 5.39. The van der Waals surface area contributed by atoms with Crippen molar-refractivity contribution < 1.29 is 9.59 Å². The molecule has 2 heterocycles. The van der Waals surface area contributed by atoms with E-state index in [2.05, 4.69) is 20.6 Å². The Morgan fingerprint density at radius 1 is 1.33 bits per heavy atom. The van der Waals surface area contributed by atoms with Gasteiger partial charge in [-0.05, 0) is 38.5 Å². The molecule has 0 fully saturated rings. The van der Waals surface area contributed by atoms with Crippen molar-refractivity contribution in [1.29, 1.82) is 0 Å². The number of amides is 3. The molecule has 24 heavy (non-hydrogen) atoms. The van der Waals surface area contributed by atoms with E-state index in [0.717, 1.165) is 22.4 Å². The molecule has 3 rings (SSSR count). The quantitative estimate of drug-likeness (QED) is 0.803. The van der Waals surface area contributed by atoms with Crippen LogP contribution in [0.3, 0.4) is 0 Å². The smallest absolute Gasteiger partial charge is 0.319 e. The van der Waals surface area contributed by atoms with Crippen molar-refractivity contribution in [2.75, 3.05) is 7.05 Å². The van der Waals surface area contributed by atoms with Crippen molar-refractivity contribution in [2.45, 2.75) is 33.4 Å². The van der Waals surface area contributed by atoms with E-state index in [1.807, 2.05) is 25.1 Å². The molecule has 7 heteroatoms. The summed E-state index contributed by atoms with van der Waals surface area (Å²) in [6.07, 6.45) is 0. The maximum atomic E-state index is 12.7. The zero-order valence-corrected chi connectivity index (χ0v) is 14.2. The molecule has 1 aromatic heterocycles. The van der Waals surface area contributed by atoms with Crippen LogP contribution in [0.1, 0.15) is 25.2 Å². The summed E-state index contributed by atoms with van der Waals surface area (Å²) in [5.74, 6) is 0.592. The van der Waals surface area contributed by atoms with Gasteiger partial charge < -0.3 is 20.5 Å². The number of hydrogen-bond donors (Lipinski definition) is 3. The van der Waals surface area contributed by atoms with Crippen LogP contribution in [0, 0.1) is 6.92 Å². The number of urea groups is 1. The second-order valence-corrected chi connectivity index (χ2v) is 6.22. The van der Waals surface area contributed by atoms with E-state index >= 15 is 0 Å². The Hall–Kier alpha value is -2.83. The lowest BCUT2D eigenvalue weighted by molar-refractivity contribution is -0.126. The third-order valence-corrected chi connectivity index (χ3v) is 4.14. The highest BCUT2D eigenvalue weighted by Gasteiger charge is 2.28. The number of aromatic nitrogens is 2. The molecule has 0 radical (unpaired) electrons. The van der Waals surface area contributed by atoms with Crippen molar-refractivity contribution >= 4 is 23.0 Å². The minimum Gasteiger partial charge on any atom is -0.340 e. The van der Waals surface area contributed by atoms with Gasteiger partial charge in [0.25, 0.3) is 5.91 Å². The van der Waals surface area contributed by atoms with Gasteiger partial charge in [0.2, 0.25) is 0 Å². The summed E-state index contributed by atoms with van der Waals surface area (Å²) in [5, 5.41) is 5.35. The molecule has 2 aromatic rings. The first kappa shape index (κ1) is 16.0. The predicted octanol–water partition coefficient (Wildman–Crippen LogP) is 1.81. The molecule has 3 amide bonds. The van der Waals surface area contributed by atoms with Gasteiger partial charge in [-0.25, -0.2) is 9.78 Å². The Morgan fingerprint density at radius 3 is 2.79 bits per heavy atom. The highest BCUT2D eigenvalue weighted by Crippen LogP contribution is 2.17. The van der Waals surface area contributed by atoms with Gasteiger partial charge in [-0.2, -0.15) is 0 Å². The standard InChI is InChI=1S/C17H21N5O2/c1-9-5-6-12-13(7-9)21-14(20-12)8-22(4)16(23)15-10(2)18-17(24)19-11(15)3/h5-7,10H,8H2,1-4H3,(H,20,21)(H2,18,19,24). The van der Waals surface area contributed by atoms with Gasteiger partial charge in [0, 0.05) is 12.7 Å². The van der Waals surface area contributed by atoms with Crippen LogP contribution in [-0.2, 0) is 11.3 Å². The molecule has 0 saturated carbocycles. The third-order valence-electron chi connectivity index (χ3n) is 4.14. The maximum Gasteiger partial charge on any atom is 0.319 e. The number of aryl methyl sites for hydroxylation is 1. The van der Waals surface area contributed by atoms with Crippen molar-refractivity contribution in [3.05, 3.63) is 40.9 Å². The first-order chi connectivity index (χ1) is 11.3. The number of fused-ring (bicyclic) bond motifs is 1. The Balaban J connectivity index is 1.80. The van der Waals surface area contributed by atoms with E-state index in [-0.39, 0.29) is 18.0 Å². The molecule has 0 saturated heterocycles. The highest BCUT2D eigenvalue weighted by atomic mass is 16.2. The lowest BCUT2D eigenvalue weighted by Gasteiger charge is -2.28. The zero-order chi connectivity index (χ0) is 17.4. The van der Waals surface area contributed by atoms with Gasteiger partial charge in [-0.15, -0.1) is 0 Å². The number of allylic oxidation sites excluding steroid dienone is 1. The topological polar surface area (TPSA) is 90.1 Å². The van der Waals surface area contributed by atoms with Gasteiger partial charge in [-0.3, -0.25) is 4.79 Å². The molecule has 1 aliphatic rings. The summed E-state index contributed by atoms with van der Waals surface area (Å²) in [4.78, 5) is 33.5. The first-order valence-electron chi connectivity index (χ1n) is 7.84. The molecule has 1 aliphatic heterocycles. The summed E-state index contributed by atoms with van der Waals surface area (Å²) in [5.41, 5.74) is 4.14. The second-order valence-electron chi connectivity index (χ2n) is 6.22. The summed E-state index contributed by atoms with van der Waals surface area (Å²) in [7, 11) is 1.73. The number of carbonyl (C=O) groups excluding carboxylic acids is 2. The molecule has 1 unspecified atom stereocenters. The van der Waals surface area contributed by atoms with Gasteiger partial charge in [-0.1, -0.05) is 6.07 Å². The van der Waals surface area contributed by atoms with E-state index in [1.165, 1.54) is 0 Å². The van der Waals surface area contributed by atoms with Crippen LogP contribution < -0.4 is 10.6 Å². The molecule has 3 N–H and O–H groups in total. The Morgan fingerprint density at radius 2 is 2.08 bits per heavy atom. The van der Waals surface area contributed by atoms with Crippen molar-refractivity contribution in [1.82, 2.24) is 25.5 Å². The number of carbonyl (C=O) groups is 2. The van der Waals surface area contributed by atoms with Crippen LogP contribution in [0.2, 0.25) is 0 Å². The molecule has 126 valence electrons. The molecular weight excluding hydrogens is 306 g/mol. The van der Waals surface area contributed by atoms with Crippen LogP contribution >= 0.6 is 0 Å². The van der Waals surface area contributed by atoms with E-state index < -0.39 is 0 Å². The number of nitrogens with one attached hydrogen (secondary N) is 3. The second kappa shape index (κ2) is 5.99. The Labute approximate surface area is 140 Å². The van der Waals surface area contributed by atoms with E-state index in [4.69, 9.17) is 0 Å². The van der Waals surface area contributed by atoms with Gasteiger partial charge in [0.15, 0.2) is 0 Å². The fraction of sp³-hybridized carbons (Fsp3) is 0.353. The number of H-pyrrole nitrogens is 1. The number of benzene rings is 1. The lowest BCUT2D eigenvalue weighted by atomic mass is 10.0. The molecular formula is C17H21N5O2. The number of aromatic amines is 1. The summed E-state index contributed by atoms with van der Waals surface area (Å²) >= 11 is 0. The average Bonchev–Trinajstić information content (AvgIpc) is 2.87. The first-order valence-corrected chi connectivity index (χ1v) is 7.84. The van der Waals surface area contributed by atoms with Crippen LogP contribution in [-0.4, -0.2) is 39.9 Å². The minimum absolute atomic E-state index is 0.135. The number of nitrogens with zero attached hydrogens (tertiary/aromatic N) is 2. The Kier molecular flexibility index (Phi) is 4.01. The fourth-order valence-corrected chi connectivity index (χ4v) is 2.97. The molecule has 0 aliphatic carbocycles. The monoisotopic (exact) mass is 327 g/mol. The lowest BCUT2D eigenvalue weighted by Crippen LogP contribution is -2.50. The molecule has 7 nitrogen and oxygen atoms in total. The van der Waals surface area contributed by atoms with Crippen LogP contribution in [0.5, 0.6) is 0 Å².